The standard InChI is InChI=1S/C20H26N4O2/c1-14-5-7-18(26-14)16-12-24(13-17(16)21)19-8-6-15(11-22-19)20(25)23-9-3-2-4-10-23/h5-8,11,16-17H,2-4,9-10,12-13,21H2,1H3/t16-,17-/m0/s1. The molecule has 0 bridgehead atoms. The number of hydrogen-bond acceptors (Lipinski definition) is 5. The quantitative estimate of drug-likeness (QED) is 0.917. The number of anilines is 1. The molecule has 2 aliphatic heterocycles. The fraction of sp³-hybridized carbons (Fsp3) is 0.500. The van der Waals surface area contributed by atoms with Crippen molar-refractivity contribution in [2.75, 3.05) is 31.1 Å². The molecule has 2 saturated heterocycles. The van der Waals surface area contributed by atoms with Crippen LogP contribution in [0, 0.1) is 6.92 Å². The Hall–Kier alpha value is -2.34. The molecule has 0 radical (unpaired) electrons. The third kappa shape index (κ3) is 3.33. The van der Waals surface area contributed by atoms with E-state index in [1.807, 2.05) is 36.1 Å². The van der Waals surface area contributed by atoms with Crippen molar-refractivity contribution in [3.63, 3.8) is 0 Å². The average molecular weight is 354 g/mol. The van der Waals surface area contributed by atoms with E-state index >= 15 is 0 Å². The van der Waals surface area contributed by atoms with Crippen LogP contribution in [-0.2, 0) is 0 Å². The lowest BCUT2D eigenvalue weighted by molar-refractivity contribution is 0.0724. The number of nitrogens with zero attached hydrogens (tertiary/aromatic N) is 3. The maximum atomic E-state index is 12.6. The first-order chi connectivity index (χ1) is 12.6. The number of piperidine rings is 1. The Kier molecular flexibility index (Phi) is 4.68. The molecule has 0 spiro atoms. The molecule has 2 aromatic rings. The number of hydrogen-bond donors (Lipinski definition) is 1. The molecule has 0 aromatic carbocycles. The van der Waals surface area contributed by atoms with E-state index in [1.165, 1.54) is 6.42 Å². The van der Waals surface area contributed by atoms with E-state index in [2.05, 4.69) is 9.88 Å². The summed E-state index contributed by atoms with van der Waals surface area (Å²) in [6, 6.07) is 7.81. The van der Waals surface area contributed by atoms with Crippen molar-refractivity contribution in [3.8, 4) is 0 Å². The minimum absolute atomic E-state index is 0.0111. The van der Waals surface area contributed by atoms with E-state index in [9.17, 15) is 4.79 Å². The normalized spacial score (nSPS) is 23.5. The third-order valence-electron chi connectivity index (χ3n) is 5.45. The summed E-state index contributed by atoms with van der Waals surface area (Å²) in [7, 11) is 0. The van der Waals surface area contributed by atoms with Gasteiger partial charge >= 0.3 is 0 Å². The van der Waals surface area contributed by atoms with Crippen molar-refractivity contribution in [1.29, 1.82) is 0 Å². The number of rotatable bonds is 3. The molecule has 2 fully saturated rings. The highest BCUT2D eigenvalue weighted by molar-refractivity contribution is 5.94. The first-order valence-corrected chi connectivity index (χ1v) is 9.44. The Morgan fingerprint density at radius 1 is 1.15 bits per heavy atom. The number of likely N-dealkylation sites (tertiary alicyclic amines) is 1. The van der Waals surface area contributed by atoms with Crippen molar-refractivity contribution in [1.82, 2.24) is 9.88 Å². The van der Waals surface area contributed by atoms with Gasteiger partial charge in [-0.05, 0) is 50.5 Å². The highest BCUT2D eigenvalue weighted by Gasteiger charge is 2.34. The van der Waals surface area contributed by atoms with Gasteiger partial charge in [0.05, 0.1) is 11.5 Å². The first kappa shape index (κ1) is 17.1. The van der Waals surface area contributed by atoms with Gasteiger partial charge in [-0.2, -0.15) is 0 Å². The fourth-order valence-electron chi connectivity index (χ4n) is 3.95. The third-order valence-corrected chi connectivity index (χ3v) is 5.45. The molecule has 26 heavy (non-hydrogen) atoms. The minimum Gasteiger partial charge on any atom is -0.466 e. The van der Waals surface area contributed by atoms with E-state index < -0.39 is 0 Å². The molecule has 1 amide bonds. The molecule has 2 aromatic heterocycles. The molecule has 4 heterocycles. The summed E-state index contributed by atoms with van der Waals surface area (Å²) in [5, 5.41) is 0. The maximum Gasteiger partial charge on any atom is 0.255 e. The van der Waals surface area contributed by atoms with Crippen molar-refractivity contribution in [2.45, 2.75) is 38.1 Å². The Bertz CT molecular complexity index is 764. The van der Waals surface area contributed by atoms with Gasteiger partial charge in [-0.25, -0.2) is 4.98 Å². The van der Waals surface area contributed by atoms with Crippen LogP contribution in [-0.4, -0.2) is 48.0 Å². The van der Waals surface area contributed by atoms with Gasteiger partial charge in [0.2, 0.25) is 0 Å². The summed E-state index contributed by atoms with van der Waals surface area (Å²) in [6.45, 7) is 5.16. The highest BCUT2D eigenvalue weighted by Crippen LogP contribution is 2.30. The Morgan fingerprint density at radius 2 is 1.96 bits per heavy atom. The summed E-state index contributed by atoms with van der Waals surface area (Å²) in [5.41, 5.74) is 7.00. The van der Waals surface area contributed by atoms with Crippen LogP contribution in [0.15, 0.2) is 34.9 Å². The van der Waals surface area contributed by atoms with E-state index in [1.54, 1.807) is 6.20 Å². The Balaban J connectivity index is 1.44. The number of carbonyl (C=O) groups is 1. The van der Waals surface area contributed by atoms with Crippen molar-refractivity contribution in [3.05, 3.63) is 47.5 Å². The monoisotopic (exact) mass is 354 g/mol. The van der Waals surface area contributed by atoms with Gasteiger partial charge in [0.25, 0.3) is 5.91 Å². The van der Waals surface area contributed by atoms with Crippen LogP contribution in [0.4, 0.5) is 5.82 Å². The largest absolute Gasteiger partial charge is 0.466 e. The summed E-state index contributed by atoms with van der Waals surface area (Å²) in [4.78, 5) is 21.2. The molecule has 0 unspecified atom stereocenters. The van der Waals surface area contributed by atoms with Gasteiger partial charge in [-0.1, -0.05) is 0 Å². The lowest BCUT2D eigenvalue weighted by atomic mass is 10.0. The predicted molar refractivity (Wildman–Crippen MR) is 100 cm³/mol. The van der Waals surface area contributed by atoms with Crippen molar-refractivity contribution in [2.24, 2.45) is 5.73 Å². The van der Waals surface area contributed by atoms with E-state index in [4.69, 9.17) is 10.2 Å². The first-order valence-electron chi connectivity index (χ1n) is 9.44. The van der Waals surface area contributed by atoms with E-state index in [-0.39, 0.29) is 17.9 Å². The topological polar surface area (TPSA) is 75.6 Å². The van der Waals surface area contributed by atoms with Gasteiger partial charge < -0.3 is 20.0 Å². The van der Waals surface area contributed by atoms with Crippen molar-refractivity contribution >= 4 is 11.7 Å². The molecule has 4 rings (SSSR count). The smallest absolute Gasteiger partial charge is 0.255 e. The number of aryl methyl sites for hydroxylation is 1. The highest BCUT2D eigenvalue weighted by atomic mass is 16.3. The van der Waals surface area contributed by atoms with Gasteiger partial charge in [-0.3, -0.25) is 4.79 Å². The number of aromatic nitrogens is 1. The van der Waals surface area contributed by atoms with Crippen LogP contribution in [0.5, 0.6) is 0 Å². The number of furan rings is 1. The van der Waals surface area contributed by atoms with Gasteiger partial charge in [0.15, 0.2) is 0 Å². The SMILES string of the molecule is Cc1ccc([C@H]2CN(c3ccc(C(=O)N4CCCCC4)cn3)C[C@@H]2N)o1. The second kappa shape index (κ2) is 7.11. The summed E-state index contributed by atoms with van der Waals surface area (Å²) < 4.78 is 5.76. The molecule has 0 aliphatic carbocycles. The molecule has 6 heteroatoms. The number of amides is 1. The van der Waals surface area contributed by atoms with Crippen LogP contribution in [0.3, 0.4) is 0 Å². The van der Waals surface area contributed by atoms with Crippen molar-refractivity contribution < 1.29 is 9.21 Å². The fourth-order valence-corrected chi connectivity index (χ4v) is 3.95. The molecular formula is C20H26N4O2. The molecule has 2 atom stereocenters. The van der Waals surface area contributed by atoms with E-state index in [0.717, 1.165) is 56.4 Å². The molecule has 2 aliphatic rings. The van der Waals surface area contributed by atoms with Gasteiger partial charge in [-0.15, -0.1) is 0 Å². The van der Waals surface area contributed by atoms with Crippen LogP contribution in [0.2, 0.25) is 0 Å². The zero-order chi connectivity index (χ0) is 18.1. The van der Waals surface area contributed by atoms with Gasteiger partial charge in [0, 0.05) is 38.4 Å². The average Bonchev–Trinajstić information content (AvgIpc) is 3.27. The number of pyridine rings is 1. The van der Waals surface area contributed by atoms with Gasteiger partial charge in [0.1, 0.15) is 17.3 Å². The molecule has 6 nitrogen and oxygen atoms in total. The van der Waals surface area contributed by atoms with Crippen LogP contribution in [0.1, 0.15) is 47.1 Å². The summed E-state index contributed by atoms with van der Waals surface area (Å²) in [5.74, 6) is 2.96. The van der Waals surface area contributed by atoms with Crippen LogP contribution >= 0.6 is 0 Å². The minimum atomic E-state index is 0.0111. The second-order valence-electron chi connectivity index (χ2n) is 7.38. The summed E-state index contributed by atoms with van der Waals surface area (Å²) >= 11 is 0. The molecule has 2 N–H and O–H groups in total. The number of carbonyl (C=O) groups excluding carboxylic acids is 1. The lowest BCUT2D eigenvalue weighted by Crippen LogP contribution is -2.35. The second-order valence-corrected chi connectivity index (χ2v) is 7.38. The molecule has 138 valence electrons. The zero-order valence-electron chi connectivity index (χ0n) is 15.2. The maximum absolute atomic E-state index is 12.6. The summed E-state index contributed by atoms with van der Waals surface area (Å²) in [6.07, 6.45) is 5.10. The Labute approximate surface area is 154 Å². The van der Waals surface area contributed by atoms with E-state index in [0.29, 0.717) is 5.56 Å². The lowest BCUT2D eigenvalue weighted by Gasteiger charge is -2.26. The molecule has 0 saturated carbocycles. The van der Waals surface area contributed by atoms with Crippen LogP contribution in [0.25, 0.3) is 0 Å². The Morgan fingerprint density at radius 3 is 2.62 bits per heavy atom. The predicted octanol–water partition coefficient (Wildman–Crippen LogP) is 2.54. The zero-order valence-corrected chi connectivity index (χ0v) is 15.2. The number of nitrogens with two attached hydrogens (primary N) is 1. The molecular weight excluding hydrogens is 328 g/mol. The van der Waals surface area contributed by atoms with Crippen LogP contribution < -0.4 is 10.6 Å².